The molecule has 2 aliphatic rings. The van der Waals surface area contributed by atoms with Crippen LogP contribution in [0.3, 0.4) is 0 Å². The van der Waals surface area contributed by atoms with E-state index in [4.69, 9.17) is 4.74 Å². The third kappa shape index (κ3) is 2.82. The van der Waals surface area contributed by atoms with E-state index in [9.17, 15) is 9.90 Å². The zero-order valence-electron chi connectivity index (χ0n) is 10.8. The number of ether oxygens (including phenoxy) is 1. The van der Waals surface area contributed by atoms with Crippen LogP contribution in [0.25, 0.3) is 0 Å². The van der Waals surface area contributed by atoms with Crippen LogP contribution in [-0.4, -0.2) is 22.8 Å². The minimum Gasteiger partial charge on any atom is -0.479 e. The number of carboxylic acid groups (broad SMARTS) is 1. The number of aliphatic carboxylic acids is 1. The van der Waals surface area contributed by atoms with Gasteiger partial charge in [0.05, 0.1) is 6.10 Å². The molecule has 2 rings (SSSR count). The largest absolute Gasteiger partial charge is 0.479 e. The van der Waals surface area contributed by atoms with Crippen LogP contribution in [0.5, 0.6) is 0 Å². The monoisotopic (exact) mass is 240 g/mol. The van der Waals surface area contributed by atoms with Crippen LogP contribution in [0.2, 0.25) is 0 Å². The lowest BCUT2D eigenvalue weighted by molar-refractivity contribution is -0.187. The Morgan fingerprint density at radius 2 is 1.76 bits per heavy atom. The van der Waals surface area contributed by atoms with Gasteiger partial charge < -0.3 is 9.84 Å². The summed E-state index contributed by atoms with van der Waals surface area (Å²) in [7, 11) is 0. The standard InChI is InChI=1S/C14H24O3/c1-11-7-3-4-8-12(11)17-14(13(15)16)9-5-2-6-10-14/h11-12H,2-10H2,1H3,(H,15,16). The Balaban J connectivity index is 2.03. The lowest BCUT2D eigenvalue weighted by Gasteiger charge is -2.40. The van der Waals surface area contributed by atoms with Gasteiger partial charge in [-0.1, -0.05) is 26.2 Å². The maximum Gasteiger partial charge on any atom is 0.335 e. The normalized spacial score (nSPS) is 33.2. The molecule has 0 saturated heterocycles. The Morgan fingerprint density at radius 3 is 2.35 bits per heavy atom. The Morgan fingerprint density at radius 1 is 1.12 bits per heavy atom. The van der Waals surface area contributed by atoms with Crippen molar-refractivity contribution in [2.24, 2.45) is 5.92 Å². The van der Waals surface area contributed by atoms with Gasteiger partial charge in [-0.25, -0.2) is 4.79 Å². The fraction of sp³-hybridized carbons (Fsp3) is 0.929. The summed E-state index contributed by atoms with van der Waals surface area (Å²) in [5.74, 6) is -0.225. The molecule has 98 valence electrons. The molecule has 2 atom stereocenters. The average molecular weight is 240 g/mol. The quantitative estimate of drug-likeness (QED) is 0.822. The first kappa shape index (κ1) is 12.9. The molecule has 2 unspecified atom stereocenters. The van der Waals surface area contributed by atoms with Gasteiger partial charge in [0, 0.05) is 0 Å². The number of carbonyl (C=O) groups is 1. The summed E-state index contributed by atoms with van der Waals surface area (Å²) in [6.07, 6.45) is 9.37. The third-order valence-electron chi connectivity index (χ3n) is 4.46. The Kier molecular flexibility index (Phi) is 4.08. The molecule has 0 radical (unpaired) electrons. The molecular formula is C14H24O3. The van der Waals surface area contributed by atoms with Crippen molar-refractivity contribution in [3.63, 3.8) is 0 Å². The van der Waals surface area contributed by atoms with E-state index in [0.717, 1.165) is 25.7 Å². The van der Waals surface area contributed by atoms with E-state index >= 15 is 0 Å². The van der Waals surface area contributed by atoms with Gasteiger partial charge in [-0.3, -0.25) is 0 Å². The molecule has 0 amide bonds. The van der Waals surface area contributed by atoms with E-state index in [1.165, 1.54) is 19.3 Å². The summed E-state index contributed by atoms with van der Waals surface area (Å²) in [6, 6.07) is 0. The highest BCUT2D eigenvalue weighted by Crippen LogP contribution is 2.37. The number of hydrogen-bond donors (Lipinski definition) is 1. The van der Waals surface area contributed by atoms with Crippen LogP contribution in [0, 0.1) is 5.92 Å². The number of rotatable bonds is 3. The smallest absolute Gasteiger partial charge is 0.335 e. The highest BCUT2D eigenvalue weighted by molar-refractivity contribution is 5.77. The van der Waals surface area contributed by atoms with Crippen LogP contribution >= 0.6 is 0 Å². The molecular weight excluding hydrogens is 216 g/mol. The van der Waals surface area contributed by atoms with E-state index in [-0.39, 0.29) is 6.10 Å². The Hall–Kier alpha value is -0.570. The SMILES string of the molecule is CC1CCCCC1OC1(C(=O)O)CCCCC1. The lowest BCUT2D eigenvalue weighted by Crippen LogP contribution is -2.47. The van der Waals surface area contributed by atoms with Gasteiger partial charge in [0.25, 0.3) is 0 Å². The van der Waals surface area contributed by atoms with Crippen LogP contribution in [0.1, 0.15) is 64.7 Å². The molecule has 3 heteroatoms. The molecule has 0 heterocycles. The predicted molar refractivity (Wildman–Crippen MR) is 66.0 cm³/mol. The summed E-state index contributed by atoms with van der Waals surface area (Å²) in [4.78, 5) is 11.5. The molecule has 0 aromatic heterocycles. The Labute approximate surface area is 104 Å². The second-order valence-electron chi connectivity index (χ2n) is 5.78. The fourth-order valence-corrected chi connectivity index (χ4v) is 3.25. The highest BCUT2D eigenvalue weighted by atomic mass is 16.5. The molecule has 0 bridgehead atoms. The third-order valence-corrected chi connectivity index (χ3v) is 4.46. The lowest BCUT2D eigenvalue weighted by atomic mass is 9.82. The van der Waals surface area contributed by atoms with Crippen molar-refractivity contribution in [2.75, 3.05) is 0 Å². The van der Waals surface area contributed by atoms with Crippen molar-refractivity contribution >= 4 is 5.97 Å². The van der Waals surface area contributed by atoms with E-state index < -0.39 is 11.6 Å². The van der Waals surface area contributed by atoms with Crippen molar-refractivity contribution in [1.82, 2.24) is 0 Å². The van der Waals surface area contributed by atoms with Gasteiger partial charge in [-0.2, -0.15) is 0 Å². The zero-order valence-corrected chi connectivity index (χ0v) is 10.8. The zero-order chi connectivity index (χ0) is 12.3. The second-order valence-corrected chi connectivity index (χ2v) is 5.78. The van der Waals surface area contributed by atoms with E-state index in [0.29, 0.717) is 18.8 Å². The molecule has 0 aliphatic heterocycles. The number of carboxylic acids is 1. The minimum absolute atomic E-state index is 0.165. The molecule has 2 fully saturated rings. The highest BCUT2D eigenvalue weighted by Gasteiger charge is 2.43. The molecule has 3 nitrogen and oxygen atoms in total. The fourth-order valence-electron chi connectivity index (χ4n) is 3.25. The van der Waals surface area contributed by atoms with Gasteiger partial charge in [0.1, 0.15) is 0 Å². The maximum atomic E-state index is 11.5. The van der Waals surface area contributed by atoms with Gasteiger partial charge in [0.2, 0.25) is 0 Å². The minimum atomic E-state index is -0.867. The summed E-state index contributed by atoms with van der Waals surface area (Å²) in [5, 5.41) is 9.48. The molecule has 17 heavy (non-hydrogen) atoms. The van der Waals surface area contributed by atoms with Gasteiger partial charge in [-0.15, -0.1) is 0 Å². The molecule has 2 aliphatic carbocycles. The number of hydrogen-bond acceptors (Lipinski definition) is 2. The van der Waals surface area contributed by atoms with Crippen molar-refractivity contribution in [1.29, 1.82) is 0 Å². The van der Waals surface area contributed by atoms with Crippen molar-refractivity contribution in [2.45, 2.75) is 76.4 Å². The van der Waals surface area contributed by atoms with Gasteiger partial charge in [0.15, 0.2) is 5.60 Å². The maximum absolute atomic E-state index is 11.5. The van der Waals surface area contributed by atoms with Crippen LogP contribution < -0.4 is 0 Å². The van der Waals surface area contributed by atoms with Crippen molar-refractivity contribution in [3.05, 3.63) is 0 Å². The molecule has 0 spiro atoms. The Bertz CT molecular complexity index is 269. The first-order chi connectivity index (χ1) is 8.14. The first-order valence-electron chi connectivity index (χ1n) is 7.05. The van der Waals surface area contributed by atoms with Gasteiger partial charge in [-0.05, 0) is 44.4 Å². The van der Waals surface area contributed by atoms with Crippen LogP contribution in [0.15, 0.2) is 0 Å². The predicted octanol–water partition coefficient (Wildman–Crippen LogP) is 3.37. The summed E-state index contributed by atoms with van der Waals surface area (Å²) in [5.41, 5.74) is -0.867. The van der Waals surface area contributed by atoms with E-state index in [1.807, 2.05) is 0 Å². The summed E-state index contributed by atoms with van der Waals surface area (Å²) in [6.45, 7) is 2.20. The van der Waals surface area contributed by atoms with Crippen LogP contribution in [0.4, 0.5) is 0 Å². The molecule has 0 aromatic carbocycles. The van der Waals surface area contributed by atoms with Crippen molar-refractivity contribution < 1.29 is 14.6 Å². The van der Waals surface area contributed by atoms with E-state index in [2.05, 4.69) is 6.92 Å². The molecule has 1 N–H and O–H groups in total. The first-order valence-corrected chi connectivity index (χ1v) is 7.05. The topological polar surface area (TPSA) is 46.5 Å². The molecule has 2 saturated carbocycles. The summed E-state index contributed by atoms with van der Waals surface area (Å²) < 4.78 is 6.09. The van der Waals surface area contributed by atoms with Gasteiger partial charge >= 0.3 is 5.97 Å². The summed E-state index contributed by atoms with van der Waals surface area (Å²) >= 11 is 0. The second kappa shape index (κ2) is 5.38. The van der Waals surface area contributed by atoms with E-state index in [1.54, 1.807) is 0 Å². The molecule has 0 aromatic rings. The van der Waals surface area contributed by atoms with Crippen LogP contribution in [-0.2, 0) is 9.53 Å². The van der Waals surface area contributed by atoms with Crippen molar-refractivity contribution in [3.8, 4) is 0 Å². The average Bonchev–Trinajstić information content (AvgIpc) is 2.33.